The van der Waals surface area contributed by atoms with Gasteiger partial charge in [-0.3, -0.25) is 4.72 Å². The highest BCUT2D eigenvalue weighted by molar-refractivity contribution is 7.93. The summed E-state index contributed by atoms with van der Waals surface area (Å²) in [5, 5.41) is 8.22. The average molecular weight is 377 g/mol. The van der Waals surface area contributed by atoms with Crippen molar-refractivity contribution in [3.05, 3.63) is 34.5 Å². The van der Waals surface area contributed by atoms with Crippen molar-refractivity contribution < 1.29 is 12.8 Å². The summed E-state index contributed by atoms with van der Waals surface area (Å²) in [7, 11) is -4.08. The number of sulfonamides is 1. The van der Waals surface area contributed by atoms with Gasteiger partial charge in [0.15, 0.2) is 5.13 Å². The van der Waals surface area contributed by atoms with Gasteiger partial charge in [-0.25, -0.2) is 17.8 Å². The molecule has 1 aromatic carbocycles. The van der Waals surface area contributed by atoms with Crippen LogP contribution in [0.15, 0.2) is 28.6 Å². The van der Waals surface area contributed by atoms with E-state index in [0.717, 1.165) is 43.0 Å². The predicted octanol–water partition coefficient (Wildman–Crippen LogP) is 2.51. The SMILES string of the molecule is O=S(=O)(Nc1nccs1)c1cc(Cl)c(NC2CCNC2)cc1F. The largest absolute Gasteiger partial charge is 0.380 e. The highest BCUT2D eigenvalue weighted by atomic mass is 35.5. The Morgan fingerprint density at radius 2 is 2.26 bits per heavy atom. The number of thiazole rings is 1. The lowest BCUT2D eigenvalue weighted by Crippen LogP contribution is -2.22. The minimum absolute atomic E-state index is 0.141. The molecule has 1 saturated heterocycles. The smallest absolute Gasteiger partial charge is 0.266 e. The number of anilines is 2. The van der Waals surface area contributed by atoms with Crippen LogP contribution in [0, 0.1) is 5.82 Å². The van der Waals surface area contributed by atoms with Crippen LogP contribution in [0.25, 0.3) is 0 Å². The summed E-state index contributed by atoms with van der Waals surface area (Å²) in [5.41, 5.74) is 0.381. The van der Waals surface area contributed by atoms with E-state index in [2.05, 4.69) is 20.3 Å². The number of benzene rings is 1. The Kier molecular flexibility index (Phi) is 4.72. The van der Waals surface area contributed by atoms with E-state index < -0.39 is 20.7 Å². The fourth-order valence-electron chi connectivity index (χ4n) is 2.29. The van der Waals surface area contributed by atoms with Gasteiger partial charge in [-0.2, -0.15) is 0 Å². The lowest BCUT2D eigenvalue weighted by molar-refractivity contribution is 0.570. The van der Waals surface area contributed by atoms with E-state index >= 15 is 0 Å². The van der Waals surface area contributed by atoms with Gasteiger partial charge < -0.3 is 10.6 Å². The molecule has 0 saturated carbocycles. The summed E-state index contributed by atoms with van der Waals surface area (Å²) in [6.45, 7) is 1.63. The molecule has 1 aliphatic rings. The predicted molar refractivity (Wildman–Crippen MR) is 89.2 cm³/mol. The topological polar surface area (TPSA) is 83.1 Å². The summed E-state index contributed by atoms with van der Waals surface area (Å²) in [5.74, 6) is -0.869. The van der Waals surface area contributed by atoms with Crippen molar-refractivity contribution >= 4 is 43.8 Å². The monoisotopic (exact) mass is 376 g/mol. The molecule has 1 atom stereocenters. The van der Waals surface area contributed by atoms with Gasteiger partial charge in [0, 0.05) is 24.2 Å². The van der Waals surface area contributed by atoms with Crippen LogP contribution in [0.2, 0.25) is 5.02 Å². The molecular formula is C13H14ClFN4O2S2. The van der Waals surface area contributed by atoms with Crippen molar-refractivity contribution in [1.29, 1.82) is 0 Å². The molecule has 3 rings (SSSR count). The third-order valence-electron chi connectivity index (χ3n) is 3.39. The van der Waals surface area contributed by atoms with Gasteiger partial charge in [0.1, 0.15) is 10.7 Å². The van der Waals surface area contributed by atoms with Crippen molar-refractivity contribution in [1.82, 2.24) is 10.3 Å². The Labute approximate surface area is 142 Å². The van der Waals surface area contributed by atoms with Crippen molar-refractivity contribution in [2.24, 2.45) is 0 Å². The van der Waals surface area contributed by atoms with E-state index in [1.165, 1.54) is 6.20 Å². The lowest BCUT2D eigenvalue weighted by atomic mass is 10.2. The first-order valence-electron chi connectivity index (χ1n) is 6.84. The first-order chi connectivity index (χ1) is 11.0. The number of halogens is 2. The van der Waals surface area contributed by atoms with Gasteiger partial charge >= 0.3 is 0 Å². The van der Waals surface area contributed by atoms with Gasteiger partial charge in [-0.15, -0.1) is 11.3 Å². The normalized spacial score (nSPS) is 18.1. The first-order valence-corrected chi connectivity index (χ1v) is 9.58. The number of rotatable bonds is 5. The molecule has 10 heteroatoms. The molecule has 0 bridgehead atoms. The van der Waals surface area contributed by atoms with E-state index in [-0.39, 0.29) is 16.2 Å². The van der Waals surface area contributed by atoms with Gasteiger partial charge in [-0.05, 0) is 25.1 Å². The van der Waals surface area contributed by atoms with Gasteiger partial charge in [0.25, 0.3) is 10.0 Å². The summed E-state index contributed by atoms with van der Waals surface area (Å²) in [4.78, 5) is 3.31. The zero-order valence-electron chi connectivity index (χ0n) is 11.8. The maximum absolute atomic E-state index is 14.3. The van der Waals surface area contributed by atoms with Crippen molar-refractivity contribution in [2.45, 2.75) is 17.4 Å². The second-order valence-electron chi connectivity index (χ2n) is 5.04. The van der Waals surface area contributed by atoms with Crippen LogP contribution >= 0.6 is 22.9 Å². The Bertz CT molecular complexity index is 793. The molecule has 0 spiro atoms. The third-order valence-corrected chi connectivity index (χ3v) is 5.87. The van der Waals surface area contributed by atoms with Crippen molar-refractivity contribution in [3.63, 3.8) is 0 Å². The van der Waals surface area contributed by atoms with E-state index in [9.17, 15) is 12.8 Å². The Balaban J connectivity index is 1.86. The fraction of sp³-hybridized carbons (Fsp3) is 0.308. The lowest BCUT2D eigenvalue weighted by Gasteiger charge is -2.16. The van der Waals surface area contributed by atoms with E-state index in [0.29, 0.717) is 5.69 Å². The van der Waals surface area contributed by atoms with Crippen LogP contribution < -0.4 is 15.4 Å². The third kappa shape index (κ3) is 3.74. The summed E-state index contributed by atoms with van der Waals surface area (Å²) in [6, 6.07) is 2.36. The van der Waals surface area contributed by atoms with Gasteiger partial charge in [-0.1, -0.05) is 11.6 Å². The van der Waals surface area contributed by atoms with Crippen LogP contribution in [0.3, 0.4) is 0 Å². The molecule has 1 aromatic heterocycles. The minimum atomic E-state index is -4.08. The quantitative estimate of drug-likeness (QED) is 0.746. The maximum Gasteiger partial charge on any atom is 0.266 e. The Morgan fingerprint density at radius 1 is 1.43 bits per heavy atom. The maximum atomic E-state index is 14.3. The second-order valence-corrected chi connectivity index (χ2v) is 7.99. The standard InChI is InChI=1S/C13H14ClFN4O2S2/c14-9-5-12(23(20,21)19-13-17-3-4-22-13)10(15)6-11(9)18-8-1-2-16-7-8/h3-6,8,16,18H,1-2,7H2,(H,17,19). The Hall–Kier alpha value is -1.42. The number of hydrogen-bond donors (Lipinski definition) is 3. The average Bonchev–Trinajstić information content (AvgIpc) is 3.15. The van der Waals surface area contributed by atoms with Crippen LogP contribution in [0.4, 0.5) is 15.2 Å². The van der Waals surface area contributed by atoms with Crippen molar-refractivity contribution in [3.8, 4) is 0 Å². The first kappa shape index (κ1) is 16.4. The molecule has 23 heavy (non-hydrogen) atoms. The van der Waals surface area contributed by atoms with Crippen LogP contribution in [0.5, 0.6) is 0 Å². The van der Waals surface area contributed by atoms with Crippen molar-refractivity contribution in [2.75, 3.05) is 23.1 Å². The highest BCUT2D eigenvalue weighted by Gasteiger charge is 2.23. The number of nitrogens with zero attached hydrogens (tertiary/aromatic N) is 1. The van der Waals surface area contributed by atoms with Gasteiger partial charge in [0.05, 0.1) is 10.7 Å². The molecule has 0 amide bonds. The number of nitrogens with one attached hydrogen (secondary N) is 3. The zero-order valence-corrected chi connectivity index (χ0v) is 14.2. The molecule has 1 fully saturated rings. The second kappa shape index (κ2) is 6.60. The summed E-state index contributed by atoms with van der Waals surface area (Å²) >= 11 is 7.22. The van der Waals surface area contributed by atoms with E-state index in [1.807, 2.05) is 0 Å². The number of aromatic nitrogens is 1. The molecule has 0 aliphatic carbocycles. The molecule has 1 aliphatic heterocycles. The minimum Gasteiger partial charge on any atom is -0.380 e. The van der Waals surface area contributed by atoms with Crippen LogP contribution in [-0.4, -0.2) is 32.5 Å². The molecule has 3 N–H and O–H groups in total. The fourth-order valence-corrected chi connectivity index (χ4v) is 4.44. The summed E-state index contributed by atoms with van der Waals surface area (Å²) in [6.07, 6.45) is 2.35. The molecule has 0 radical (unpaired) electrons. The zero-order chi connectivity index (χ0) is 16.4. The molecule has 2 aromatic rings. The Morgan fingerprint density at radius 3 is 2.91 bits per heavy atom. The van der Waals surface area contributed by atoms with E-state index in [1.54, 1.807) is 5.38 Å². The van der Waals surface area contributed by atoms with Crippen LogP contribution in [0.1, 0.15) is 6.42 Å². The van der Waals surface area contributed by atoms with E-state index in [4.69, 9.17) is 11.6 Å². The van der Waals surface area contributed by atoms with Gasteiger partial charge in [0.2, 0.25) is 0 Å². The number of hydrogen-bond acceptors (Lipinski definition) is 6. The highest BCUT2D eigenvalue weighted by Crippen LogP contribution is 2.30. The molecule has 124 valence electrons. The summed E-state index contributed by atoms with van der Waals surface area (Å²) < 4.78 is 41.0. The molecule has 1 unspecified atom stereocenters. The molecular weight excluding hydrogens is 363 g/mol. The molecule has 6 nitrogen and oxygen atoms in total. The molecule has 2 heterocycles. The van der Waals surface area contributed by atoms with Crippen LogP contribution in [-0.2, 0) is 10.0 Å².